The molecule has 9 heteroatoms. The van der Waals surface area contributed by atoms with E-state index in [-0.39, 0.29) is 24.3 Å². The van der Waals surface area contributed by atoms with E-state index in [0.29, 0.717) is 25.8 Å². The molecule has 0 spiro atoms. The van der Waals surface area contributed by atoms with Gasteiger partial charge in [-0.3, -0.25) is 9.48 Å². The molecule has 3 aromatic rings. The number of ether oxygens (including phenoxy) is 2. The zero-order chi connectivity index (χ0) is 23.2. The summed E-state index contributed by atoms with van der Waals surface area (Å²) in [6.45, 7) is 0.358. The minimum atomic E-state index is -0.578. The number of aromatic nitrogens is 3. The van der Waals surface area contributed by atoms with Crippen LogP contribution in [0.3, 0.4) is 0 Å². The van der Waals surface area contributed by atoms with Crippen LogP contribution >= 0.6 is 0 Å². The normalized spacial score (nSPS) is 20.4. The van der Waals surface area contributed by atoms with Crippen molar-refractivity contribution in [3.8, 4) is 17.0 Å². The fourth-order valence-corrected chi connectivity index (χ4v) is 4.06. The molecule has 2 aromatic carbocycles. The maximum atomic E-state index is 13.9. The summed E-state index contributed by atoms with van der Waals surface area (Å²) in [5, 5.41) is 21.0. The first kappa shape index (κ1) is 22.9. The molecular weight excluding hydrogens is 427 g/mol. The minimum Gasteiger partial charge on any atom is -0.496 e. The number of methoxy groups -OCH3 is 1. The summed E-state index contributed by atoms with van der Waals surface area (Å²) in [7, 11) is 1.62. The van der Waals surface area contributed by atoms with Gasteiger partial charge < -0.3 is 19.9 Å². The molecule has 174 valence electrons. The Labute approximate surface area is 191 Å². The van der Waals surface area contributed by atoms with Crippen molar-refractivity contribution in [1.29, 1.82) is 0 Å². The average Bonchev–Trinajstić information content (AvgIpc) is 3.32. The molecule has 4 rings (SSSR count). The number of aliphatic hydroxyl groups excluding tert-OH is 1. The number of benzene rings is 2. The van der Waals surface area contributed by atoms with Crippen molar-refractivity contribution >= 4 is 5.91 Å². The topological polar surface area (TPSA) is 98.5 Å². The summed E-state index contributed by atoms with van der Waals surface area (Å²) in [6.07, 6.45) is 3.22. The lowest BCUT2D eigenvalue weighted by Crippen LogP contribution is -2.51. The predicted octanol–water partition coefficient (Wildman–Crippen LogP) is 2.82. The van der Waals surface area contributed by atoms with Crippen molar-refractivity contribution in [1.82, 2.24) is 20.3 Å². The highest BCUT2D eigenvalue weighted by molar-refractivity contribution is 5.94. The molecule has 0 radical (unpaired) electrons. The maximum absolute atomic E-state index is 13.9. The number of amides is 1. The Bertz CT molecular complexity index is 1090. The fourth-order valence-electron chi connectivity index (χ4n) is 4.06. The number of nitrogens with zero attached hydrogens (tertiary/aromatic N) is 3. The van der Waals surface area contributed by atoms with Crippen LogP contribution in [-0.2, 0) is 11.3 Å². The number of para-hydroxylation sites is 1. The molecule has 3 atom stereocenters. The third-order valence-corrected chi connectivity index (χ3v) is 5.83. The van der Waals surface area contributed by atoms with E-state index in [4.69, 9.17) is 9.47 Å². The third kappa shape index (κ3) is 5.37. The Balaban J connectivity index is 1.32. The predicted molar refractivity (Wildman–Crippen MR) is 119 cm³/mol. The molecule has 1 amide bonds. The lowest BCUT2D eigenvalue weighted by molar-refractivity contribution is -0.0912. The van der Waals surface area contributed by atoms with Crippen LogP contribution in [0.2, 0.25) is 0 Å². The van der Waals surface area contributed by atoms with Crippen molar-refractivity contribution in [2.24, 2.45) is 0 Å². The molecule has 0 bridgehead atoms. The highest BCUT2D eigenvalue weighted by atomic mass is 19.1. The molecule has 0 saturated carbocycles. The van der Waals surface area contributed by atoms with Gasteiger partial charge in [-0.15, -0.1) is 5.10 Å². The number of nitrogens with one attached hydrogen (secondary N) is 1. The van der Waals surface area contributed by atoms with Gasteiger partial charge in [0, 0.05) is 12.1 Å². The van der Waals surface area contributed by atoms with Gasteiger partial charge in [-0.2, -0.15) is 0 Å². The molecule has 1 aliphatic rings. The Morgan fingerprint density at radius 2 is 2.03 bits per heavy atom. The Hall–Kier alpha value is -3.30. The Kier molecular flexibility index (Phi) is 7.31. The lowest BCUT2D eigenvalue weighted by atomic mass is 9.96. The summed E-state index contributed by atoms with van der Waals surface area (Å²) in [6, 6.07) is 13.1. The fraction of sp³-hybridized carbons (Fsp3) is 0.375. The van der Waals surface area contributed by atoms with Gasteiger partial charge in [-0.25, -0.2) is 4.39 Å². The van der Waals surface area contributed by atoms with Crippen molar-refractivity contribution in [3.05, 3.63) is 66.1 Å². The number of aliphatic hydroxyl groups is 1. The number of hydrogen-bond donors (Lipinski definition) is 2. The molecule has 1 saturated heterocycles. The van der Waals surface area contributed by atoms with E-state index in [0.717, 1.165) is 17.0 Å². The summed E-state index contributed by atoms with van der Waals surface area (Å²) in [5.74, 6) is -0.356. The molecule has 0 unspecified atom stereocenters. The molecule has 1 aliphatic heterocycles. The van der Waals surface area contributed by atoms with E-state index >= 15 is 0 Å². The molecule has 2 heterocycles. The number of aryl methyl sites for hydroxylation is 1. The molecule has 1 aromatic heterocycles. The van der Waals surface area contributed by atoms with Gasteiger partial charge in [0.15, 0.2) is 0 Å². The van der Waals surface area contributed by atoms with Crippen molar-refractivity contribution < 1.29 is 23.8 Å². The second-order valence-electron chi connectivity index (χ2n) is 7.97. The molecule has 0 aliphatic carbocycles. The van der Waals surface area contributed by atoms with Gasteiger partial charge in [0.25, 0.3) is 5.91 Å². The molecule has 33 heavy (non-hydrogen) atoms. The standard InChI is InChI=1S/C24H27FN4O4/c1-32-22-9-5-3-7-18(22)21-14-29(28-27-21)13-12-16-10-11-20(23(15-30)33-16)26-24(31)17-6-2-4-8-19(17)25/h2-9,14,16,20,23,30H,10-13,15H2,1H3,(H,26,31)/t16-,20-,23-/m1/s1. The van der Waals surface area contributed by atoms with E-state index in [9.17, 15) is 14.3 Å². The van der Waals surface area contributed by atoms with Crippen LogP contribution in [0.25, 0.3) is 11.3 Å². The van der Waals surface area contributed by atoms with Gasteiger partial charge in [0.1, 0.15) is 23.4 Å². The molecule has 1 fully saturated rings. The van der Waals surface area contributed by atoms with Crippen molar-refractivity contribution in [2.75, 3.05) is 13.7 Å². The van der Waals surface area contributed by atoms with Crippen LogP contribution < -0.4 is 10.1 Å². The molecule has 2 N–H and O–H groups in total. The van der Waals surface area contributed by atoms with Crippen molar-refractivity contribution in [2.45, 2.75) is 44.1 Å². The van der Waals surface area contributed by atoms with Gasteiger partial charge in [-0.1, -0.05) is 29.5 Å². The molecule has 8 nitrogen and oxygen atoms in total. The van der Waals surface area contributed by atoms with Crippen LogP contribution in [0.15, 0.2) is 54.7 Å². The maximum Gasteiger partial charge on any atom is 0.254 e. The minimum absolute atomic E-state index is 0.0200. The second-order valence-corrected chi connectivity index (χ2v) is 7.97. The van der Waals surface area contributed by atoms with Crippen LogP contribution in [0.5, 0.6) is 5.75 Å². The number of hydrogen-bond acceptors (Lipinski definition) is 6. The van der Waals surface area contributed by atoms with Crippen LogP contribution in [0, 0.1) is 5.82 Å². The number of halogens is 1. The highest BCUT2D eigenvalue weighted by Gasteiger charge is 2.32. The van der Waals surface area contributed by atoms with Gasteiger partial charge >= 0.3 is 0 Å². The summed E-state index contributed by atoms with van der Waals surface area (Å²) in [4.78, 5) is 12.4. The van der Waals surface area contributed by atoms with Gasteiger partial charge in [0.2, 0.25) is 0 Å². The number of rotatable bonds is 8. The first-order valence-corrected chi connectivity index (χ1v) is 10.9. The highest BCUT2D eigenvalue weighted by Crippen LogP contribution is 2.28. The third-order valence-electron chi connectivity index (χ3n) is 5.83. The summed E-state index contributed by atoms with van der Waals surface area (Å²) in [5.41, 5.74) is 1.57. The summed E-state index contributed by atoms with van der Waals surface area (Å²) >= 11 is 0. The summed E-state index contributed by atoms with van der Waals surface area (Å²) < 4.78 is 27.1. The van der Waals surface area contributed by atoms with E-state index < -0.39 is 17.8 Å². The monoisotopic (exact) mass is 454 g/mol. The first-order valence-electron chi connectivity index (χ1n) is 10.9. The van der Waals surface area contributed by atoms with Crippen molar-refractivity contribution in [3.63, 3.8) is 0 Å². The van der Waals surface area contributed by atoms with Crippen LogP contribution in [-0.4, -0.2) is 58.0 Å². The van der Waals surface area contributed by atoms with E-state index in [1.54, 1.807) is 17.9 Å². The van der Waals surface area contributed by atoms with E-state index in [2.05, 4.69) is 15.6 Å². The van der Waals surface area contributed by atoms with Gasteiger partial charge in [-0.05, 0) is 43.5 Å². The van der Waals surface area contributed by atoms with Crippen LogP contribution in [0.4, 0.5) is 4.39 Å². The quantitative estimate of drug-likeness (QED) is 0.543. The van der Waals surface area contributed by atoms with Crippen LogP contribution in [0.1, 0.15) is 29.6 Å². The largest absolute Gasteiger partial charge is 0.496 e. The van der Waals surface area contributed by atoms with E-state index in [1.165, 1.54) is 18.2 Å². The second kappa shape index (κ2) is 10.5. The Morgan fingerprint density at radius 1 is 1.24 bits per heavy atom. The number of carbonyl (C=O) groups excluding carboxylic acids is 1. The number of carbonyl (C=O) groups is 1. The van der Waals surface area contributed by atoms with E-state index in [1.807, 2.05) is 30.5 Å². The van der Waals surface area contributed by atoms with Gasteiger partial charge in [0.05, 0.1) is 37.6 Å². The zero-order valence-electron chi connectivity index (χ0n) is 18.4. The first-order chi connectivity index (χ1) is 16.1. The zero-order valence-corrected chi connectivity index (χ0v) is 18.4. The average molecular weight is 455 g/mol. The SMILES string of the molecule is COc1ccccc1-c1cn(CC[C@H]2CC[C@@H](NC(=O)c3ccccc3F)[C@@H](CO)O2)nn1. The lowest BCUT2D eigenvalue weighted by Gasteiger charge is -2.36. The Morgan fingerprint density at radius 3 is 2.82 bits per heavy atom. The smallest absolute Gasteiger partial charge is 0.254 e. The molecular formula is C24H27FN4O4.